The number of halogens is 1. The number of aromatic amines is 1. The molecule has 130 valence electrons. The van der Waals surface area contributed by atoms with E-state index in [1.165, 1.54) is 28.8 Å². The molecule has 0 saturated carbocycles. The summed E-state index contributed by atoms with van der Waals surface area (Å²) in [5, 5.41) is 0. The molecule has 8 nitrogen and oxygen atoms in total. The Labute approximate surface area is 143 Å². The molecule has 1 N–H and O–H groups in total. The SMILES string of the molecule is O=S(=O)(c1cccc(F)c1)N1CCN(c2ncnc3nc[nH]c23)CC1. The van der Waals surface area contributed by atoms with Crippen LogP contribution in [0.1, 0.15) is 0 Å². The van der Waals surface area contributed by atoms with Crippen molar-refractivity contribution in [3.63, 3.8) is 0 Å². The molecule has 1 aliphatic rings. The van der Waals surface area contributed by atoms with Crippen LogP contribution in [0, 0.1) is 5.82 Å². The van der Waals surface area contributed by atoms with Gasteiger partial charge in [-0.05, 0) is 18.2 Å². The van der Waals surface area contributed by atoms with Gasteiger partial charge in [-0.3, -0.25) is 0 Å². The molecule has 1 aromatic carbocycles. The van der Waals surface area contributed by atoms with Crippen molar-refractivity contribution in [2.24, 2.45) is 0 Å². The number of sulfonamides is 1. The lowest BCUT2D eigenvalue weighted by Gasteiger charge is -2.34. The lowest BCUT2D eigenvalue weighted by atomic mass is 10.3. The molecular formula is C15H15FN6O2S. The summed E-state index contributed by atoms with van der Waals surface area (Å²) in [6, 6.07) is 5.07. The Morgan fingerprint density at radius 3 is 2.64 bits per heavy atom. The van der Waals surface area contributed by atoms with Crippen molar-refractivity contribution in [3.05, 3.63) is 42.7 Å². The van der Waals surface area contributed by atoms with Crippen LogP contribution >= 0.6 is 0 Å². The second-order valence-corrected chi connectivity index (χ2v) is 7.58. The quantitative estimate of drug-likeness (QED) is 0.747. The van der Waals surface area contributed by atoms with E-state index in [1.807, 2.05) is 4.90 Å². The number of aromatic nitrogens is 4. The maximum Gasteiger partial charge on any atom is 0.243 e. The van der Waals surface area contributed by atoms with Crippen LogP contribution in [0.3, 0.4) is 0 Å². The van der Waals surface area contributed by atoms with Gasteiger partial charge in [0.1, 0.15) is 17.7 Å². The molecular weight excluding hydrogens is 347 g/mol. The molecule has 2 aromatic heterocycles. The Hall–Kier alpha value is -2.59. The Morgan fingerprint density at radius 2 is 1.88 bits per heavy atom. The van der Waals surface area contributed by atoms with Gasteiger partial charge in [0.15, 0.2) is 11.5 Å². The van der Waals surface area contributed by atoms with Crippen LogP contribution in [0.2, 0.25) is 0 Å². The van der Waals surface area contributed by atoms with Crippen molar-refractivity contribution in [3.8, 4) is 0 Å². The molecule has 0 radical (unpaired) electrons. The van der Waals surface area contributed by atoms with Crippen LogP contribution in [0.15, 0.2) is 41.8 Å². The summed E-state index contributed by atoms with van der Waals surface area (Å²) < 4.78 is 40.0. The highest BCUT2D eigenvalue weighted by atomic mass is 32.2. The summed E-state index contributed by atoms with van der Waals surface area (Å²) in [6.45, 7) is 1.52. The molecule has 10 heteroatoms. The van der Waals surface area contributed by atoms with E-state index in [4.69, 9.17) is 0 Å². The van der Waals surface area contributed by atoms with E-state index in [1.54, 1.807) is 6.33 Å². The molecule has 0 aliphatic carbocycles. The first-order valence-electron chi connectivity index (χ1n) is 7.70. The number of nitrogens with one attached hydrogen (secondary N) is 1. The van der Waals surface area contributed by atoms with Crippen LogP contribution in [-0.2, 0) is 10.0 Å². The van der Waals surface area contributed by atoms with Gasteiger partial charge in [0, 0.05) is 26.2 Å². The van der Waals surface area contributed by atoms with Crippen molar-refractivity contribution in [1.29, 1.82) is 0 Å². The number of benzene rings is 1. The normalized spacial score (nSPS) is 16.4. The Morgan fingerprint density at radius 1 is 1.08 bits per heavy atom. The van der Waals surface area contributed by atoms with Crippen molar-refractivity contribution >= 4 is 27.0 Å². The Bertz CT molecular complexity index is 1010. The van der Waals surface area contributed by atoms with Crippen molar-refractivity contribution in [2.45, 2.75) is 4.90 Å². The van der Waals surface area contributed by atoms with E-state index >= 15 is 0 Å². The number of piperazine rings is 1. The standard InChI is InChI=1S/C15H15FN6O2S/c16-11-2-1-3-12(8-11)25(23,24)22-6-4-21(5-7-22)15-13-14(18-9-17-13)19-10-20-15/h1-3,8-10H,4-7H2,(H,17,18,19,20). The molecule has 3 heterocycles. The van der Waals surface area contributed by atoms with Crippen molar-refractivity contribution < 1.29 is 12.8 Å². The van der Waals surface area contributed by atoms with Crippen LogP contribution in [0.25, 0.3) is 11.2 Å². The third-order valence-corrected chi connectivity index (χ3v) is 6.07. The average Bonchev–Trinajstić information content (AvgIpc) is 3.10. The summed E-state index contributed by atoms with van der Waals surface area (Å²) in [5.41, 5.74) is 1.30. The minimum absolute atomic E-state index is 0.0288. The fourth-order valence-corrected chi connectivity index (χ4v) is 4.36. The molecule has 0 amide bonds. The summed E-state index contributed by atoms with van der Waals surface area (Å²) in [7, 11) is -3.71. The van der Waals surface area contributed by atoms with E-state index < -0.39 is 15.8 Å². The molecule has 0 bridgehead atoms. The van der Waals surface area contributed by atoms with Crippen LogP contribution in [-0.4, -0.2) is 58.8 Å². The highest BCUT2D eigenvalue weighted by molar-refractivity contribution is 7.89. The fourth-order valence-electron chi connectivity index (χ4n) is 2.91. The number of nitrogens with zero attached hydrogens (tertiary/aromatic N) is 5. The van der Waals surface area contributed by atoms with Gasteiger partial charge in [0.05, 0.1) is 11.2 Å². The third kappa shape index (κ3) is 2.83. The van der Waals surface area contributed by atoms with E-state index in [-0.39, 0.29) is 4.90 Å². The van der Waals surface area contributed by atoms with Gasteiger partial charge in [0.2, 0.25) is 10.0 Å². The summed E-state index contributed by atoms with van der Waals surface area (Å²) in [6.07, 6.45) is 2.99. The minimum atomic E-state index is -3.71. The third-order valence-electron chi connectivity index (χ3n) is 4.18. The van der Waals surface area contributed by atoms with Crippen molar-refractivity contribution in [2.75, 3.05) is 31.1 Å². The van der Waals surface area contributed by atoms with Gasteiger partial charge in [-0.2, -0.15) is 4.31 Å². The van der Waals surface area contributed by atoms with Crippen molar-refractivity contribution in [1.82, 2.24) is 24.2 Å². The number of hydrogen-bond donors (Lipinski definition) is 1. The highest BCUT2D eigenvalue weighted by Crippen LogP contribution is 2.23. The zero-order valence-electron chi connectivity index (χ0n) is 13.1. The second kappa shape index (κ2) is 6.05. The van der Waals surface area contributed by atoms with Crippen LogP contribution < -0.4 is 4.90 Å². The Balaban J connectivity index is 1.54. The van der Waals surface area contributed by atoms with Gasteiger partial charge < -0.3 is 9.88 Å². The van der Waals surface area contributed by atoms with Crippen LogP contribution in [0.4, 0.5) is 10.2 Å². The summed E-state index contributed by atoms with van der Waals surface area (Å²) in [4.78, 5) is 17.4. The van der Waals surface area contributed by atoms with Crippen LogP contribution in [0.5, 0.6) is 0 Å². The van der Waals surface area contributed by atoms with Gasteiger partial charge in [-0.1, -0.05) is 6.07 Å². The average molecular weight is 362 g/mol. The number of fused-ring (bicyclic) bond motifs is 1. The van der Waals surface area contributed by atoms with Gasteiger partial charge in [0.25, 0.3) is 0 Å². The predicted molar refractivity (Wildman–Crippen MR) is 89.1 cm³/mol. The largest absolute Gasteiger partial charge is 0.352 e. The van der Waals surface area contributed by atoms with Gasteiger partial charge in [-0.15, -0.1) is 0 Å². The Kier molecular flexibility index (Phi) is 3.85. The maximum absolute atomic E-state index is 13.4. The van der Waals surface area contributed by atoms with E-state index in [9.17, 15) is 12.8 Å². The molecule has 1 aliphatic heterocycles. The molecule has 1 saturated heterocycles. The second-order valence-electron chi connectivity index (χ2n) is 5.65. The number of rotatable bonds is 3. The number of hydrogen-bond acceptors (Lipinski definition) is 6. The minimum Gasteiger partial charge on any atom is -0.352 e. The number of anilines is 1. The fraction of sp³-hybridized carbons (Fsp3) is 0.267. The van der Waals surface area contributed by atoms with E-state index in [0.717, 1.165) is 11.6 Å². The molecule has 1 fully saturated rings. The summed E-state index contributed by atoms with van der Waals surface area (Å²) in [5.74, 6) is 0.132. The highest BCUT2D eigenvalue weighted by Gasteiger charge is 2.29. The molecule has 0 spiro atoms. The number of H-pyrrole nitrogens is 1. The van der Waals surface area contributed by atoms with E-state index in [0.29, 0.717) is 37.6 Å². The topological polar surface area (TPSA) is 95.1 Å². The lowest BCUT2D eigenvalue weighted by molar-refractivity contribution is 0.384. The molecule has 4 rings (SSSR count). The zero-order valence-corrected chi connectivity index (χ0v) is 13.9. The lowest BCUT2D eigenvalue weighted by Crippen LogP contribution is -2.49. The first-order valence-corrected chi connectivity index (χ1v) is 9.14. The number of imidazole rings is 1. The molecule has 3 aromatic rings. The van der Waals surface area contributed by atoms with E-state index in [2.05, 4.69) is 19.9 Å². The predicted octanol–water partition coefficient (Wildman–Crippen LogP) is 1.00. The smallest absolute Gasteiger partial charge is 0.243 e. The van der Waals surface area contributed by atoms with Gasteiger partial charge >= 0.3 is 0 Å². The molecule has 0 unspecified atom stereocenters. The monoisotopic (exact) mass is 362 g/mol. The molecule has 25 heavy (non-hydrogen) atoms. The first kappa shape index (κ1) is 15.9. The molecule has 0 atom stereocenters. The first-order chi connectivity index (χ1) is 12.1. The summed E-state index contributed by atoms with van der Waals surface area (Å²) >= 11 is 0. The van der Waals surface area contributed by atoms with Gasteiger partial charge in [-0.25, -0.2) is 27.8 Å². The zero-order chi connectivity index (χ0) is 17.4. The maximum atomic E-state index is 13.4.